The zero-order chi connectivity index (χ0) is 12.7. The molecule has 0 unspecified atom stereocenters. The van der Waals surface area contributed by atoms with Gasteiger partial charge in [0.15, 0.2) is 0 Å². The Morgan fingerprint density at radius 3 is 2.50 bits per heavy atom. The van der Waals surface area contributed by atoms with Crippen molar-refractivity contribution in [2.75, 3.05) is 0 Å². The minimum Gasteiger partial charge on any atom is -0.508 e. The van der Waals surface area contributed by atoms with E-state index in [1.165, 1.54) is 30.3 Å². The topological polar surface area (TPSA) is 33.4 Å². The summed E-state index contributed by atoms with van der Waals surface area (Å²) in [6.07, 6.45) is 0. The largest absolute Gasteiger partial charge is 0.508 e. The Morgan fingerprint density at radius 2 is 1.72 bits per heavy atom. The maximum absolute atomic E-state index is 13.2. The van der Waals surface area contributed by atoms with Crippen molar-refractivity contribution < 1.29 is 18.3 Å². The molecule has 2 aromatic carbocycles. The average molecular weight is 246 g/mol. The monoisotopic (exact) mass is 246 g/mol. The molecule has 0 aliphatic rings. The molecule has 0 fully saturated rings. The molecular formula is C14H8F2O2. The van der Waals surface area contributed by atoms with Crippen LogP contribution in [0.2, 0.25) is 0 Å². The summed E-state index contributed by atoms with van der Waals surface area (Å²) >= 11 is 0. The van der Waals surface area contributed by atoms with E-state index in [0.717, 1.165) is 6.07 Å². The normalized spacial score (nSPS) is 11.0. The van der Waals surface area contributed by atoms with E-state index in [-0.39, 0.29) is 11.6 Å². The summed E-state index contributed by atoms with van der Waals surface area (Å²) in [6.45, 7) is 0. The van der Waals surface area contributed by atoms with Gasteiger partial charge in [0, 0.05) is 17.0 Å². The summed E-state index contributed by atoms with van der Waals surface area (Å²) < 4.78 is 31.7. The number of phenols is 1. The summed E-state index contributed by atoms with van der Waals surface area (Å²) in [4.78, 5) is 0. The molecule has 0 radical (unpaired) electrons. The lowest BCUT2D eigenvalue weighted by Crippen LogP contribution is -1.78. The summed E-state index contributed by atoms with van der Waals surface area (Å²) in [5, 5.41) is 9.92. The fraction of sp³-hybridized carbons (Fsp3) is 0. The smallest absolute Gasteiger partial charge is 0.135 e. The van der Waals surface area contributed by atoms with E-state index in [1.807, 2.05) is 0 Å². The molecule has 0 saturated heterocycles. The van der Waals surface area contributed by atoms with Gasteiger partial charge in [0.2, 0.25) is 0 Å². The second kappa shape index (κ2) is 3.84. The molecule has 90 valence electrons. The lowest BCUT2D eigenvalue weighted by molar-refractivity contribution is 0.469. The summed E-state index contributed by atoms with van der Waals surface area (Å²) in [6, 6.07) is 9.37. The average Bonchev–Trinajstić information content (AvgIpc) is 2.70. The Balaban J connectivity index is 2.19. The number of furan rings is 1. The number of benzene rings is 2. The third kappa shape index (κ3) is 1.82. The maximum atomic E-state index is 13.2. The molecule has 18 heavy (non-hydrogen) atoms. The van der Waals surface area contributed by atoms with Gasteiger partial charge in [-0.3, -0.25) is 0 Å². The van der Waals surface area contributed by atoms with Crippen LogP contribution in [0.15, 0.2) is 46.9 Å². The fourth-order valence-corrected chi connectivity index (χ4v) is 1.87. The van der Waals surface area contributed by atoms with Crippen LogP contribution in [-0.4, -0.2) is 5.11 Å². The zero-order valence-electron chi connectivity index (χ0n) is 9.15. The Kier molecular flexibility index (Phi) is 2.30. The van der Waals surface area contributed by atoms with Crippen LogP contribution >= 0.6 is 0 Å². The van der Waals surface area contributed by atoms with Crippen LogP contribution in [0.5, 0.6) is 5.75 Å². The molecule has 1 heterocycles. The van der Waals surface area contributed by atoms with Crippen LogP contribution < -0.4 is 0 Å². The first-order valence-corrected chi connectivity index (χ1v) is 5.31. The molecule has 3 aromatic rings. The number of aromatic hydroxyl groups is 1. The van der Waals surface area contributed by atoms with Crippen LogP contribution in [0.1, 0.15) is 0 Å². The van der Waals surface area contributed by atoms with Crippen molar-refractivity contribution in [2.24, 2.45) is 0 Å². The number of fused-ring (bicyclic) bond motifs is 1. The van der Waals surface area contributed by atoms with Crippen molar-refractivity contribution in [3.05, 3.63) is 54.1 Å². The van der Waals surface area contributed by atoms with Crippen molar-refractivity contribution >= 4 is 11.0 Å². The second-order valence-electron chi connectivity index (χ2n) is 3.99. The number of phenolic OH excluding ortho intramolecular Hbond substituents is 1. The van der Waals surface area contributed by atoms with Gasteiger partial charge in [0.05, 0.1) is 0 Å². The third-order valence-corrected chi connectivity index (χ3v) is 2.65. The molecular weight excluding hydrogens is 238 g/mol. The van der Waals surface area contributed by atoms with E-state index in [9.17, 15) is 13.9 Å². The van der Waals surface area contributed by atoms with Crippen molar-refractivity contribution in [1.29, 1.82) is 0 Å². The van der Waals surface area contributed by atoms with Crippen molar-refractivity contribution in [3.63, 3.8) is 0 Å². The van der Waals surface area contributed by atoms with E-state index in [4.69, 9.17) is 4.42 Å². The van der Waals surface area contributed by atoms with Crippen LogP contribution in [0.3, 0.4) is 0 Å². The standard InChI is InChI=1S/C14H8F2O2/c15-10-1-2-13-9(3-10)6-14(18-13)8-4-11(16)7-12(17)5-8/h1-7,17H. The van der Waals surface area contributed by atoms with Crippen LogP contribution in [0.25, 0.3) is 22.3 Å². The van der Waals surface area contributed by atoms with Crippen molar-refractivity contribution in [1.82, 2.24) is 0 Å². The first-order valence-electron chi connectivity index (χ1n) is 5.31. The van der Waals surface area contributed by atoms with Gasteiger partial charge in [-0.2, -0.15) is 0 Å². The highest BCUT2D eigenvalue weighted by Gasteiger charge is 2.09. The SMILES string of the molecule is Oc1cc(F)cc(-c2cc3cc(F)ccc3o2)c1. The highest BCUT2D eigenvalue weighted by atomic mass is 19.1. The van der Waals surface area contributed by atoms with Gasteiger partial charge in [-0.05, 0) is 36.4 Å². The molecule has 1 aromatic heterocycles. The maximum Gasteiger partial charge on any atom is 0.135 e. The first kappa shape index (κ1) is 10.8. The molecule has 2 nitrogen and oxygen atoms in total. The molecule has 0 aliphatic carbocycles. The predicted molar refractivity (Wildman–Crippen MR) is 63.2 cm³/mol. The quantitative estimate of drug-likeness (QED) is 0.701. The molecule has 4 heteroatoms. The summed E-state index contributed by atoms with van der Waals surface area (Å²) in [7, 11) is 0. The third-order valence-electron chi connectivity index (χ3n) is 2.65. The van der Waals surface area contributed by atoms with Gasteiger partial charge in [0.25, 0.3) is 0 Å². The fourth-order valence-electron chi connectivity index (χ4n) is 1.87. The van der Waals surface area contributed by atoms with Gasteiger partial charge in [-0.25, -0.2) is 8.78 Å². The molecule has 0 atom stereocenters. The lowest BCUT2D eigenvalue weighted by Gasteiger charge is -1.98. The van der Waals surface area contributed by atoms with Gasteiger partial charge in [-0.1, -0.05) is 0 Å². The van der Waals surface area contributed by atoms with Crippen molar-refractivity contribution in [3.8, 4) is 17.1 Å². The van der Waals surface area contributed by atoms with E-state index in [0.29, 0.717) is 22.3 Å². The summed E-state index contributed by atoms with van der Waals surface area (Å²) in [5.41, 5.74) is 0.916. The zero-order valence-corrected chi connectivity index (χ0v) is 9.15. The number of hydrogen-bond acceptors (Lipinski definition) is 2. The van der Waals surface area contributed by atoms with E-state index in [1.54, 1.807) is 6.07 Å². The predicted octanol–water partition coefficient (Wildman–Crippen LogP) is 4.08. The van der Waals surface area contributed by atoms with Gasteiger partial charge >= 0.3 is 0 Å². The van der Waals surface area contributed by atoms with E-state index >= 15 is 0 Å². The molecule has 1 N–H and O–H groups in total. The summed E-state index contributed by atoms with van der Waals surface area (Å²) in [5.74, 6) is -0.726. The van der Waals surface area contributed by atoms with Crippen LogP contribution in [-0.2, 0) is 0 Å². The number of halogens is 2. The minimum absolute atomic E-state index is 0.184. The van der Waals surface area contributed by atoms with E-state index in [2.05, 4.69) is 0 Å². The minimum atomic E-state index is -0.559. The van der Waals surface area contributed by atoms with Gasteiger partial charge < -0.3 is 9.52 Å². The van der Waals surface area contributed by atoms with Gasteiger partial charge in [-0.15, -0.1) is 0 Å². The number of rotatable bonds is 1. The highest BCUT2D eigenvalue weighted by Crippen LogP contribution is 2.30. The molecule has 0 spiro atoms. The van der Waals surface area contributed by atoms with E-state index < -0.39 is 5.82 Å². The molecule has 0 amide bonds. The first-order chi connectivity index (χ1) is 8.61. The Morgan fingerprint density at radius 1 is 0.889 bits per heavy atom. The van der Waals surface area contributed by atoms with Crippen molar-refractivity contribution in [2.45, 2.75) is 0 Å². The lowest BCUT2D eigenvalue weighted by atomic mass is 10.1. The molecule has 0 saturated carbocycles. The highest BCUT2D eigenvalue weighted by molar-refractivity contribution is 5.83. The van der Waals surface area contributed by atoms with Crippen LogP contribution in [0.4, 0.5) is 8.78 Å². The van der Waals surface area contributed by atoms with Crippen LogP contribution in [0, 0.1) is 11.6 Å². The molecule has 3 rings (SSSR count). The molecule has 0 bridgehead atoms. The Bertz CT molecular complexity index is 711. The second-order valence-corrected chi connectivity index (χ2v) is 3.99. The Hall–Kier alpha value is -2.36. The molecule has 0 aliphatic heterocycles. The number of hydrogen-bond donors (Lipinski definition) is 1. The Labute approximate surface area is 101 Å². The van der Waals surface area contributed by atoms with Gasteiger partial charge in [0.1, 0.15) is 28.7 Å².